The third-order valence-corrected chi connectivity index (χ3v) is 6.15. The number of aromatic nitrogens is 3. The molecule has 0 spiro atoms. The second-order valence-electron chi connectivity index (χ2n) is 7.24. The molecule has 0 bridgehead atoms. The SMILES string of the molecule is COc1ccccc1OC(C)c1nnc(SCC(=O)Nc2ccccc2Cl)n1-c1ccccc1. The van der Waals surface area contributed by atoms with Gasteiger partial charge >= 0.3 is 0 Å². The summed E-state index contributed by atoms with van der Waals surface area (Å²) in [5.74, 6) is 1.78. The van der Waals surface area contributed by atoms with Crippen molar-refractivity contribution in [2.75, 3.05) is 18.2 Å². The number of hydrogen-bond donors (Lipinski definition) is 1. The van der Waals surface area contributed by atoms with Crippen LogP contribution in [0.25, 0.3) is 5.69 Å². The number of hydrogen-bond acceptors (Lipinski definition) is 6. The number of benzene rings is 3. The summed E-state index contributed by atoms with van der Waals surface area (Å²) in [6.07, 6.45) is -0.435. The summed E-state index contributed by atoms with van der Waals surface area (Å²) < 4.78 is 13.5. The molecule has 0 aliphatic heterocycles. The number of amides is 1. The van der Waals surface area contributed by atoms with Crippen LogP contribution in [-0.2, 0) is 4.79 Å². The first-order valence-electron chi connectivity index (χ1n) is 10.5. The van der Waals surface area contributed by atoms with Gasteiger partial charge in [-0.3, -0.25) is 9.36 Å². The van der Waals surface area contributed by atoms with Gasteiger partial charge in [0.25, 0.3) is 0 Å². The second kappa shape index (κ2) is 11.1. The zero-order chi connectivity index (χ0) is 23.9. The van der Waals surface area contributed by atoms with Crippen molar-refractivity contribution in [1.82, 2.24) is 14.8 Å². The molecule has 7 nitrogen and oxygen atoms in total. The van der Waals surface area contributed by atoms with Crippen molar-refractivity contribution in [2.24, 2.45) is 0 Å². The molecule has 1 aromatic heterocycles. The summed E-state index contributed by atoms with van der Waals surface area (Å²) in [5, 5.41) is 12.6. The topological polar surface area (TPSA) is 78.3 Å². The fraction of sp³-hybridized carbons (Fsp3) is 0.160. The maximum atomic E-state index is 12.6. The molecule has 34 heavy (non-hydrogen) atoms. The van der Waals surface area contributed by atoms with Gasteiger partial charge < -0.3 is 14.8 Å². The minimum atomic E-state index is -0.435. The fourth-order valence-corrected chi connectivity index (χ4v) is 4.24. The Kier molecular flexibility index (Phi) is 7.72. The minimum Gasteiger partial charge on any atom is -0.493 e. The zero-order valence-electron chi connectivity index (χ0n) is 18.6. The first kappa shape index (κ1) is 23.7. The number of carbonyl (C=O) groups is 1. The molecule has 9 heteroatoms. The lowest BCUT2D eigenvalue weighted by Crippen LogP contribution is -2.15. The molecule has 0 aliphatic rings. The zero-order valence-corrected chi connectivity index (χ0v) is 20.2. The first-order chi connectivity index (χ1) is 16.6. The van der Waals surface area contributed by atoms with Crippen LogP contribution in [0.3, 0.4) is 0 Å². The summed E-state index contributed by atoms with van der Waals surface area (Å²) in [4.78, 5) is 12.6. The number of nitrogens with one attached hydrogen (secondary N) is 1. The standard InChI is InChI=1S/C25H23ClN4O3S/c1-17(33-22-15-9-8-14-21(22)32-2)24-28-29-25(30(24)18-10-4-3-5-11-18)34-16-23(31)27-20-13-7-6-12-19(20)26/h3-15,17H,16H2,1-2H3,(H,27,31). The summed E-state index contributed by atoms with van der Waals surface area (Å²) in [6.45, 7) is 1.90. The van der Waals surface area contributed by atoms with E-state index in [9.17, 15) is 4.79 Å². The first-order valence-corrected chi connectivity index (χ1v) is 11.9. The van der Waals surface area contributed by atoms with Crippen molar-refractivity contribution in [3.05, 3.63) is 89.7 Å². The number of thioether (sulfide) groups is 1. The van der Waals surface area contributed by atoms with Crippen molar-refractivity contribution in [3.8, 4) is 17.2 Å². The molecular weight excluding hydrogens is 472 g/mol. The average Bonchev–Trinajstić information content (AvgIpc) is 3.29. The predicted molar refractivity (Wildman–Crippen MR) is 134 cm³/mol. The van der Waals surface area contributed by atoms with Crippen LogP contribution in [-0.4, -0.2) is 33.5 Å². The van der Waals surface area contributed by atoms with E-state index in [0.29, 0.717) is 33.2 Å². The average molecular weight is 495 g/mol. The molecule has 174 valence electrons. The van der Waals surface area contributed by atoms with Gasteiger partial charge in [-0.25, -0.2) is 0 Å². The summed E-state index contributed by atoms with van der Waals surface area (Å²) in [7, 11) is 1.60. The Hall–Kier alpha value is -3.49. The molecule has 0 fully saturated rings. The van der Waals surface area contributed by atoms with E-state index >= 15 is 0 Å². The number of carbonyl (C=O) groups excluding carboxylic acids is 1. The number of halogens is 1. The summed E-state index contributed by atoms with van der Waals surface area (Å²) >= 11 is 7.43. The molecule has 1 amide bonds. The van der Waals surface area contributed by atoms with Crippen LogP contribution < -0.4 is 14.8 Å². The Labute approximate surface area is 207 Å². The van der Waals surface area contributed by atoms with Crippen molar-refractivity contribution in [3.63, 3.8) is 0 Å². The van der Waals surface area contributed by atoms with Gasteiger partial charge in [0.05, 0.1) is 23.6 Å². The highest BCUT2D eigenvalue weighted by atomic mass is 35.5. The Morgan fingerprint density at radius 3 is 2.41 bits per heavy atom. The maximum Gasteiger partial charge on any atom is 0.234 e. The predicted octanol–water partition coefficient (Wildman–Crippen LogP) is 5.80. The van der Waals surface area contributed by atoms with Gasteiger partial charge in [0.1, 0.15) is 0 Å². The number of rotatable bonds is 9. The lowest BCUT2D eigenvalue weighted by atomic mass is 10.3. The van der Waals surface area contributed by atoms with E-state index in [2.05, 4.69) is 15.5 Å². The molecule has 4 rings (SSSR count). The Morgan fingerprint density at radius 2 is 1.68 bits per heavy atom. The fourth-order valence-electron chi connectivity index (χ4n) is 3.30. The van der Waals surface area contributed by atoms with E-state index < -0.39 is 6.10 Å². The van der Waals surface area contributed by atoms with Crippen molar-refractivity contribution in [2.45, 2.75) is 18.2 Å². The van der Waals surface area contributed by atoms with Gasteiger partial charge in [0, 0.05) is 5.69 Å². The smallest absolute Gasteiger partial charge is 0.234 e. The van der Waals surface area contributed by atoms with Gasteiger partial charge in [-0.1, -0.05) is 65.8 Å². The number of para-hydroxylation sites is 4. The van der Waals surface area contributed by atoms with E-state index in [1.807, 2.05) is 78.2 Å². The molecule has 3 aromatic carbocycles. The van der Waals surface area contributed by atoms with Crippen LogP contribution in [0.4, 0.5) is 5.69 Å². The largest absolute Gasteiger partial charge is 0.493 e. The summed E-state index contributed by atoms with van der Waals surface area (Å²) in [5.41, 5.74) is 1.44. The van der Waals surface area contributed by atoms with Crippen LogP contribution in [0.5, 0.6) is 11.5 Å². The number of ether oxygens (including phenoxy) is 2. The lowest BCUT2D eigenvalue weighted by molar-refractivity contribution is -0.113. The molecule has 0 radical (unpaired) electrons. The van der Waals surface area contributed by atoms with Gasteiger partial charge in [0.2, 0.25) is 5.91 Å². The number of methoxy groups -OCH3 is 1. The highest BCUT2D eigenvalue weighted by Gasteiger charge is 2.22. The van der Waals surface area contributed by atoms with Crippen molar-refractivity contribution in [1.29, 1.82) is 0 Å². The molecule has 1 heterocycles. The van der Waals surface area contributed by atoms with Gasteiger partial charge in [-0.05, 0) is 43.3 Å². The molecule has 1 unspecified atom stereocenters. The summed E-state index contributed by atoms with van der Waals surface area (Å²) in [6, 6.07) is 24.3. The van der Waals surface area contributed by atoms with Crippen LogP contribution >= 0.6 is 23.4 Å². The molecule has 0 saturated heterocycles. The van der Waals surface area contributed by atoms with Gasteiger partial charge in [-0.2, -0.15) is 0 Å². The van der Waals surface area contributed by atoms with Crippen molar-refractivity contribution >= 4 is 35.0 Å². The van der Waals surface area contributed by atoms with Crippen LogP contribution in [0.15, 0.2) is 84.0 Å². The number of nitrogens with zero attached hydrogens (tertiary/aromatic N) is 3. The van der Waals surface area contributed by atoms with Gasteiger partial charge in [0.15, 0.2) is 28.6 Å². The minimum absolute atomic E-state index is 0.137. The lowest BCUT2D eigenvalue weighted by Gasteiger charge is -2.18. The highest BCUT2D eigenvalue weighted by molar-refractivity contribution is 7.99. The Morgan fingerprint density at radius 1 is 1.00 bits per heavy atom. The van der Waals surface area contributed by atoms with E-state index in [-0.39, 0.29) is 11.7 Å². The quantitative estimate of drug-likeness (QED) is 0.296. The monoisotopic (exact) mass is 494 g/mol. The third kappa shape index (κ3) is 5.52. The highest BCUT2D eigenvalue weighted by Crippen LogP contribution is 2.32. The second-order valence-corrected chi connectivity index (χ2v) is 8.59. The maximum absolute atomic E-state index is 12.6. The van der Waals surface area contributed by atoms with E-state index in [1.54, 1.807) is 19.2 Å². The van der Waals surface area contributed by atoms with Crippen molar-refractivity contribution < 1.29 is 14.3 Å². The van der Waals surface area contributed by atoms with E-state index in [0.717, 1.165) is 5.69 Å². The Bertz CT molecular complexity index is 1270. The molecular formula is C25H23ClN4O3S. The van der Waals surface area contributed by atoms with E-state index in [4.69, 9.17) is 21.1 Å². The van der Waals surface area contributed by atoms with Gasteiger partial charge in [-0.15, -0.1) is 10.2 Å². The van der Waals surface area contributed by atoms with Crippen LogP contribution in [0, 0.1) is 0 Å². The number of anilines is 1. The van der Waals surface area contributed by atoms with Crippen LogP contribution in [0.2, 0.25) is 5.02 Å². The Balaban J connectivity index is 1.56. The third-order valence-electron chi connectivity index (χ3n) is 4.89. The normalized spacial score (nSPS) is 11.6. The molecule has 0 saturated carbocycles. The molecule has 4 aromatic rings. The van der Waals surface area contributed by atoms with Crippen LogP contribution in [0.1, 0.15) is 18.9 Å². The molecule has 1 N–H and O–H groups in total. The molecule has 1 atom stereocenters. The molecule has 0 aliphatic carbocycles. The van der Waals surface area contributed by atoms with E-state index in [1.165, 1.54) is 11.8 Å².